The average molecular weight is 238 g/mol. The van der Waals surface area contributed by atoms with E-state index in [1.54, 1.807) is 0 Å². The molecular formula is C13H18O4. The van der Waals surface area contributed by atoms with Crippen molar-refractivity contribution in [3.8, 4) is 0 Å². The van der Waals surface area contributed by atoms with Gasteiger partial charge in [-0.2, -0.15) is 0 Å². The minimum atomic E-state index is -0.189. The molecule has 1 aromatic heterocycles. The number of carbonyl (C=O) groups excluding carboxylic acids is 2. The van der Waals surface area contributed by atoms with Gasteiger partial charge in [-0.25, -0.2) is 0 Å². The molecule has 0 atom stereocenters. The molecule has 0 N–H and O–H groups in total. The van der Waals surface area contributed by atoms with Crippen molar-refractivity contribution in [3.05, 3.63) is 22.6 Å². The summed E-state index contributed by atoms with van der Waals surface area (Å²) in [5.74, 6) is 1.06. The van der Waals surface area contributed by atoms with Crippen LogP contribution in [0, 0.1) is 13.8 Å². The van der Waals surface area contributed by atoms with Gasteiger partial charge in [0.15, 0.2) is 12.0 Å². The molecular weight excluding hydrogens is 220 g/mol. The molecule has 1 rings (SSSR count). The first-order valence-corrected chi connectivity index (χ1v) is 5.71. The zero-order chi connectivity index (χ0) is 12.8. The van der Waals surface area contributed by atoms with Crippen molar-refractivity contribution >= 4 is 12.3 Å². The highest BCUT2D eigenvalue weighted by molar-refractivity contribution is 5.74. The molecule has 0 unspecified atom stereocenters. The first-order chi connectivity index (χ1) is 8.10. The van der Waals surface area contributed by atoms with Crippen molar-refractivity contribution in [3.63, 3.8) is 0 Å². The molecule has 0 aliphatic carbocycles. The van der Waals surface area contributed by atoms with Gasteiger partial charge < -0.3 is 9.15 Å². The zero-order valence-electron chi connectivity index (χ0n) is 10.5. The molecule has 0 radical (unpaired) electrons. The molecule has 0 saturated heterocycles. The van der Waals surface area contributed by atoms with Gasteiger partial charge in [-0.05, 0) is 32.3 Å². The maximum absolute atomic E-state index is 10.9. The second-order valence-electron chi connectivity index (χ2n) is 4.04. The monoisotopic (exact) mass is 238 g/mol. The minimum absolute atomic E-state index is 0.189. The number of carbonyl (C=O) groups is 2. The van der Waals surface area contributed by atoms with Crippen molar-refractivity contribution in [1.29, 1.82) is 0 Å². The van der Waals surface area contributed by atoms with E-state index >= 15 is 0 Å². The lowest BCUT2D eigenvalue weighted by atomic mass is 10.1. The Morgan fingerprint density at radius 3 is 2.53 bits per heavy atom. The number of hydrogen-bond donors (Lipinski definition) is 0. The summed E-state index contributed by atoms with van der Waals surface area (Å²) >= 11 is 0. The van der Waals surface area contributed by atoms with E-state index in [2.05, 4.69) is 4.74 Å². The van der Waals surface area contributed by atoms with Crippen LogP contribution in [-0.4, -0.2) is 19.4 Å². The molecule has 4 heteroatoms. The fourth-order valence-electron chi connectivity index (χ4n) is 1.69. The van der Waals surface area contributed by atoms with Crippen LogP contribution in [0.25, 0.3) is 0 Å². The van der Waals surface area contributed by atoms with Crippen LogP contribution in [-0.2, 0) is 16.0 Å². The molecule has 1 heterocycles. The first kappa shape index (κ1) is 13.5. The third-order valence-corrected chi connectivity index (χ3v) is 2.95. The highest BCUT2D eigenvalue weighted by atomic mass is 16.5. The number of aryl methyl sites for hydroxylation is 1. The summed E-state index contributed by atoms with van der Waals surface area (Å²) in [6, 6.07) is 0. The molecule has 1 aromatic rings. The Labute approximate surface area is 101 Å². The number of hydrogen-bond acceptors (Lipinski definition) is 4. The Morgan fingerprint density at radius 1 is 1.29 bits per heavy atom. The summed E-state index contributed by atoms with van der Waals surface area (Å²) in [6.07, 6.45) is 3.52. The Balaban J connectivity index is 2.47. The molecule has 0 aliphatic heterocycles. The minimum Gasteiger partial charge on any atom is -0.469 e. The number of aldehydes is 1. The van der Waals surface area contributed by atoms with Crippen LogP contribution < -0.4 is 0 Å². The molecule has 0 spiro atoms. The number of esters is 1. The largest absolute Gasteiger partial charge is 0.469 e. The Hall–Kier alpha value is -1.58. The number of rotatable bonds is 6. The van der Waals surface area contributed by atoms with Crippen LogP contribution in [0.3, 0.4) is 0 Å². The standard InChI is InChI=1S/C13H18O4/c1-9-10(2)12(8-14)17-11(9)6-4-5-7-13(15)16-3/h8H,4-7H2,1-3H3. The summed E-state index contributed by atoms with van der Waals surface area (Å²) in [4.78, 5) is 21.6. The van der Waals surface area contributed by atoms with Gasteiger partial charge in [0.05, 0.1) is 7.11 Å². The van der Waals surface area contributed by atoms with Crippen LogP contribution in [0.15, 0.2) is 4.42 Å². The first-order valence-electron chi connectivity index (χ1n) is 5.71. The highest BCUT2D eigenvalue weighted by Gasteiger charge is 2.12. The van der Waals surface area contributed by atoms with Gasteiger partial charge in [0, 0.05) is 18.4 Å². The number of methoxy groups -OCH3 is 1. The Morgan fingerprint density at radius 2 is 2.00 bits per heavy atom. The maximum atomic E-state index is 10.9. The summed E-state index contributed by atoms with van der Waals surface area (Å²) in [6.45, 7) is 3.82. The summed E-state index contributed by atoms with van der Waals surface area (Å²) in [7, 11) is 1.39. The van der Waals surface area contributed by atoms with E-state index in [0.29, 0.717) is 12.2 Å². The topological polar surface area (TPSA) is 56.5 Å². The number of unbranched alkanes of at least 4 members (excludes halogenated alkanes) is 1. The van der Waals surface area contributed by atoms with Crippen LogP contribution in [0.5, 0.6) is 0 Å². The van der Waals surface area contributed by atoms with Gasteiger partial charge >= 0.3 is 5.97 Å². The quantitative estimate of drug-likeness (QED) is 0.434. The summed E-state index contributed by atoms with van der Waals surface area (Å²) < 4.78 is 10.0. The van der Waals surface area contributed by atoms with Crippen LogP contribution in [0.2, 0.25) is 0 Å². The van der Waals surface area contributed by atoms with Crippen molar-refractivity contribution in [1.82, 2.24) is 0 Å². The van der Waals surface area contributed by atoms with Gasteiger partial charge in [-0.15, -0.1) is 0 Å². The van der Waals surface area contributed by atoms with Gasteiger partial charge in [0.1, 0.15) is 5.76 Å². The lowest BCUT2D eigenvalue weighted by molar-refractivity contribution is -0.140. The van der Waals surface area contributed by atoms with E-state index in [1.807, 2.05) is 13.8 Å². The van der Waals surface area contributed by atoms with Crippen LogP contribution in [0.4, 0.5) is 0 Å². The van der Waals surface area contributed by atoms with Crippen molar-refractivity contribution in [2.24, 2.45) is 0 Å². The number of ether oxygens (including phenoxy) is 1. The molecule has 0 bridgehead atoms. The van der Waals surface area contributed by atoms with E-state index in [4.69, 9.17) is 4.42 Å². The molecule has 4 nitrogen and oxygen atoms in total. The van der Waals surface area contributed by atoms with Crippen molar-refractivity contribution in [2.75, 3.05) is 7.11 Å². The van der Waals surface area contributed by atoms with Gasteiger partial charge in [0.2, 0.25) is 0 Å². The maximum Gasteiger partial charge on any atom is 0.305 e. The lowest BCUT2D eigenvalue weighted by Crippen LogP contribution is -1.99. The SMILES string of the molecule is COC(=O)CCCCc1oc(C=O)c(C)c1C. The van der Waals surface area contributed by atoms with E-state index < -0.39 is 0 Å². The molecule has 0 amide bonds. The second kappa shape index (κ2) is 6.23. The fourth-order valence-corrected chi connectivity index (χ4v) is 1.69. The predicted molar refractivity (Wildman–Crippen MR) is 63.1 cm³/mol. The molecule has 0 aliphatic rings. The Bertz CT molecular complexity index is 404. The summed E-state index contributed by atoms with van der Waals surface area (Å²) in [5.41, 5.74) is 1.94. The second-order valence-corrected chi connectivity index (χ2v) is 4.04. The van der Waals surface area contributed by atoms with Crippen molar-refractivity contribution in [2.45, 2.75) is 39.5 Å². The molecule has 94 valence electrons. The van der Waals surface area contributed by atoms with Gasteiger partial charge in [-0.1, -0.05) is 0 Å². The van der Waals surface area contributed by atoms with Gasteiger partial charge in [-0.3, -0.25) is 9.59 Å². The average Bonchev–Trinajstić information content (AvgIpc) is 2.61. The van der Waals surface area contributed by atoms with Crippen LogP contribution in [0.1, 0.15) is 46.7 Å². The van der Waals surface area contributed by atoms with E-state index in [1.165, 1.54) is 7.11 Å². The van der Waals surface area contributed by atoms with E-state index in [9.17, 15) is 9.59 Å². The lowest BCUT2D eigenvalue weighted by Gasteiger charge is -1.99. The number of furan rings is 1. The van der Waals surface area contributed by atoms with Gasteiger partial charge in [0.25, 0.3) is 0 Å². The smallest absolute Gasteiger partial charge is 0.305 e. The molecule has 17 heavy (non-hydrogen) atoms. The highest BCUT2D eigenvalue weighted by Crippen LogP contribution is 2.21. The third kappa shape index (κ3) is 3.44. The fraction of sp³-hybridized carbons (Fsp3) is 0.538. The molecule has 0 fully saturated rings. The normalized spacial score (nSPS) is 10.3. The summed E-state index contributed by atoms with van der Waals surface area (Å²) in [5, 5.41) is 0. The molecule has 0 aromatic carbocycles. The van der Waals surface area contributed by atoms with E-state index in [0.717, 1.165) is 42.4 Å². The third-order valence-electron chi connectivity index (χ3n) is 2.95. The van der Waals surface area contributed by atoms with Crippen LogP contribution >= 0.6 is 0 Å². The van der Waals surface area contributed by atoms with Crippen molar-refractivity contribution < 1.29 is 18.7 Å². The molecule has 0 saturated carbocycles. The predicted octanol–water partition coefficient (Wildman–Crippen LogP) is 2.59. The zero-order valence-corrected chi connectivity index (χ0v) is 10.5. The van der Waals surface area contributed by atoms with E-state index in [-0.39, 0.29) is 5.97 Å². The Kier molecular flexibility index (Phi) is 4.94.